The maximum absolute atomic E-state index is 4.29. The largest absolute Gasteiger partial charge is 0.373 e. The molecule has 1 aliphatic rings. The molecule has 0 radical (unpaired) electrons. The molecule has 0 spiro atoms. The van der Waals surface area contributed by atoms with Gasteiger partial charge in [-0.15, -0.1) is 10.2 Å². The van der Waals surface area contributed by atoms with E-state index < -0.39 is 0 Å². The van der Waals surface area contributed by atoms with Crippen LogP contribution in [-0.4, -0.2) is 31.8 Å². The molecule has 2 aromatic heterocycles. The van der Waals surface area contributed by atoms with Gasteiger partial charge in [0.15, 0.2) is 5.16 Å². The number of hydrogen-bond donors (Lipinski definition) is 1. The van der Waals surface area contributed by atoms with Crippen LogP contribution in [0.25, 0.3) is 0 Å². The van der Waals surface area contributed by atoms with E-state index in [-0.39, 0.29) is 0 Å². The van der Waals surface area contributed by atoms with Crippen LogP contribution < -0.4 is 5.32 Å². The second-order valence-corrected chi connectivity index (χ2v) is 5.44. The van der Waals surface area contributed by atoms with Crippen molar-refractivity contribution in [3.63, 3.8) is 0 Å². The van der Waals surface area contributed by atoms with E-state index >= 15 is 0 Å². The lowest BCUT2D eigenvalue weighted by Crippen LogP contribution is -2.02. The highest BCUT2D eigenvalue weighted by molar-refractivity contribution is 7.99. The van der Waals surface area contributed by atoms with Gasteiger partial charge in [0.1, 0.15) is 23.0 Å². The van der Waals surface area contributed by atoms with Crippen LogP contribution in [-0.2, 0) is 13.0 Å². The average Bonchev–Trinajstić information content (AvgIpc) is 2.68. The van der Waals surface area contributed by atoms with Crippen molar-refractivity contribution in [2.45, 2.75) is 42.4 Å². The Labute approximate surface area is 116 Å². The molecule has 0 atom stereocenters. The summed E-state index contributed by atoms with van der Waals surface area (Å²) in [5.74, 6) is 1.91. The first kappa shape index (κ1) is 12.4. The smallest absolute Gasteiger partial charge is 0.197 e. The molecule has 0 amide bonds. The normalized spacial score (nSPS) is 14.8. The fraction of sp³-hybridized carbons (Fsp3) is 0.500. The summed E-state index contributed by atoms with van der Waals surface area (Å²) in [5.41, 5.74) is 0. The van der Waals surface area contributed by atoms with Crippen molar-refractivity contribution in [2.75, 3.05) is 12.4 Å². The molecule has 19 heavy (non-hydrogen) atoms. The maximum Gasteiger partial charge on any atom is 0.197 e. The number of fused-ring (bicyclic) bond motifs is 1. The quantitative estimate of drug-likeness (QED) is 0.865. The zero-order valence-corrected chi connectivity index (χ0v) is 11.7. The molecule has 0 saturated heterocycles. The SMILES string of the molecule is CNc1cc(Sc2nnc3n2CCCCC3)ncn1. The lowest BCUT2D eigenvalue weighted by molar-refractivity contribution is 0.590. The molecular weight excluding hydrogens is 260 g/mol. The fourth-order valence-electron chi connectivity index (χ4n) is 2.16. The maximum atomic E-state index is 4.29. The Morgan fingerprint density at radius 2 is 2.16 bits per heavy atom. The predicted molar refractivity (Wildman–Crippen MR) is 73.3 cm³/mol. The number of aromatic nitrogens is 5. The van der Waals surface area contributed by atoms with Gasteiger partial charge in [-0.05, 0) is 24.6 Å². The number of rotatable bonds is 3. The molecule has 0 aromatic carbocycles. The van der Waals surface area contributed by atoms with Crippen LogP contribution in [0.1, 0.15) is 25.1 Å². The number of hydrogen-bond acceptors (Lipinski definition) is 6. The minimum absolute atomic E-state index is 0.813. The molecule has 0 fully saturated rings. The van der Waals surface area contributed by atoms with Crippen molar-refractivity contribution in [3.05, 3.63) is 18.2 Å². The molecule has 0 unspecified atom stereocenters. The van der Waals surface area contributed by atoms with Crippen molar-refractivity contribution in [3.8, 4) is 0 Å². The van der Waals surface area contributed by atoms with Gasteiger partial charge < -0.3 is 9.88 Å². The zero-order valence-electron chi connectivity index (χ0n) is 10.8. The Morgan fingerprint density at radius 3 is 3.05 bits per heavy atom. The Hall–Kier alpha value is -1.63. The predicted octanol–water partition coefficient (Wildman–Crippen LogP) is 1.99. The van der Waals surface area contributed by atoms with Gasteiger partial charge in [-0.3, -0.25) is 0 Å². The first-order valence-corrected chi connectivity index (χ1v) is 7.28. The van der Waals surface area contributed by atoms with Crippen molar-refractivity contribution in [1.29, 1.82) is 0 Å². The lowest BCUT2D eigenvalue weighted by Gasteiger charge is -2.06. The molecule has 0 bridgehead atoms. The van der Waals surface area contributed by atoms with Crippen LogP contribution in [0.5, 0.6) is 0 Å². The molecule has 1 aliphatic heterocycles. The number of anilines is 1. The van der Waals surface area contributed by atoms with E-state index in [4.69, 9.17) is 0 Å². The summed E-state index contributed by atoms with van der Waals surface area (Å²) in [6.45, 7) is 1.01. The fourth-order valence-corrected chi connectivity index (χ4v) is 3.01. The third-order valence-electron chi connectivity index (χ3n) is 3.17. The summed E-state index contributed by atoms with van der Waals surface area (Å²) < 4.78 is 2.22. The van der Waals surface area contributed by atoms with Gasteiger partial charge in [0.05, 0.1) is 0 Å². The van der Waals surface area contributed by atoms with Crippen molar-refractivity contribution in [2.24, 2.45) is 0 Å². The van der Waals surface area contributed by atoms with Crippen LogP contribution in [0.3, 0.4) is 0 Å². The second-order valence-electron chi connectivity index (χ2n) is 4.45. The highest BCUT2D eigenvalue weighted by Gasteiger charge is 2.16. The second kappa shape index (κ2) is 5.56. The van der Waals surface area contributed by atoms with E-state index in [9.17, 15) is 0 Å². The molecule has 3 heterocycles. The van der Waals surface area contributed by atoms with Gasteiger partial charge in [0, 0.05) is 26.1 Å². The van der Waals surface area contributed by atoms with E-state index in [0.717, 1.165) is 34.8 Å². The average molecular weight is 276 g/mol. The number of nitrogens with one attached hydrogen (secondary N) is 1. The molecule has 6 nitrogen and oxygen atoms in total. The van der Waals surface area contributed by atoms with E-state index in [2.05, 4.69) is 30.0 Å². The summed E-state index contributed by atoms with van der Waals surface area (Å²) in [6, 6.07) is 1.92. The molecule has 0 saturated carbocycles. The topological polar surface area (TPSA) is 68.5 Å². The summed E-state index contributed by atoms with van der Waals surface area (Å²) in [7, 11) is 1.85. The summed E-state index contributed by atoms with van der Waals surface area (Å²) in [6.07, 6.45) is 6.27. The van der Waals surface area contributed by atoms with Crippen LogP contribution in [0.4, 0.5) is 5.82 Å². The Morgan fingerprint density at radius 1 is 1.21 bits per heavy atom. The molecule has 1 N–H and O–H groups in total. The highest BCUT2D eigenvalue weighted by Crippen LogP contribution is 2.27. The van der Waals surface area contributed by atoms with E-state index in [1.807, 2.05) is 13.1 Å². The number of nitrogens with zero attached hydrogens (tertiary/aromatic N) is 5. The zero-order chi connectivity index (χ0) is 13.1. The lowest BCUT2D eigenvalue weighted by atomic mass is 10.2. The summed E-state index contributed by atoms with van der Waals surface area (Å²) >= 11 is 1.55. The van der Waals surface area contributed by atoms with Gasteiger partial charge in [-0.1, -0.05) is 6.42 Å². The van der Waals surface area contributed by atoms with E-state index in [1.54, 1.807) is 18.1 Å². The number of aryl methyl sites for hydroxylation is 1. The molecule has 2 aromatic rings. The van der Waals surface area contributed by atoms with E-state index in [1.165, 1.54) is 19.3 Å². The standard InChI is InChI=1S/C12H16N6S/c1-13-9-7-11(15-8-14-9)19-12-17-16-10-5-3-2-4-6-18(10)12/h7-8H,2-6H2,1H3,(H,13,14,15). The van der Waals surface area contributed by atoms with Crippen LogP contribution in [0.2, 0.25) is 0 Å². The van der Waals surface area contributed by atoms with Crippen molar-refractivity contribution in [1.82, 2.24) is 24.7 Å². The Bertz CT molecular complexity index is 567. The monoisotopic (exact) mass is 276 g/mol. The van der Waals surface area contributed by atoms with Crippen molar-refractivity contribution >= 4 is 17.6 Å². The van der Waals surface area contributed by atoms with Crippen LogP contribution in [0, 0.1) is 0 Å². The summed E-state index contributed by atoms with van der Waals surface area (Å²) in [4.78, 5) is 8.38. The highest BCUT2D eigenvalue weighted by atomic mass is 32.2. The van der Waals surface area contributed by atoms with Gasteiger partial charge in [-0.25, -0.2) is 9.97 Å². The van der Waals surface area contributed by atoms with Gasteiger partial charge in [-0.2, -0.15) is 0 Å². The van der Waals surface area contributed by atoms with E-state index in [0.29, 0.717) is 0 Å². The van der Waals surface area contributed by atoms with Crippen LogP contribution >= 0.6 is 11.8 Å². The first-order chi connectivity index (χ1) is 9.36. The minimum atomic E-state index is 0.813. The molecule has 100 valence electrons. The molecule has 0 aliphatic carbocycles. The third-order valence-corrected chi connectivity index (χ3v) is 4.09. The molecular formula is C12H16N6S. The summed E-state index contributed by atoms with van der Waals surface area (Å²) in [5, 5.41) is 13.4. The Balaban J connectivity index is 1.84. The third kappa shape index (κ3) is 2.70. The minimum Gasteiger partial charge on any atom is -0.373 e. The molecule has 3 rings (SSSR count). The van der Waals surface area contributed by atoms with Crippen molar-refractivity contribution < 1.29 is 0 Å². The van der Waals surface area contributed by atoms with Crippen LogP contribution in [0.15, 0.2) is 22.6 Å². The van der Waals surface area contributed by atoms with Gasteiger partial charge in [0.2, 0.25) is 0 Å². The Kier molecular flexibility index (Phi) is 3.63. The van der Waals surface area contributed by atoms with Gasteiger partial charge in [0.25, 0.3) is 0 Å². The first-order valence-electron chi connectivity index (χ1n) is 6.46. The van der Waals surface area contributed by atoms with Gasteiger partial charge >= 0.3 is 0 Å². The molecule has 7 heteroatoms.